The second-order valence-electron chi connectivity index (χ2n) is 7.94. The van der Waals surface area contributed by atoms with Gasteiger partial charge in [-0.2, -0.15) is 0 Å². The normalized spacial score (nSPS) is 13.8. The highest BCUT2D eigenvalue weighted by atomic mass is 16.5. The molecule has 6 nitrogen and oxygen atoms in total. The minimum absolute atomic E-state index is 0.291. The van der Waals surface area contributed by atoms with E-state index in [9.17, 15) is 9.59 Å². The molecule has 2 aromatic carbocycles. The summed E-state index contributed by atoms with van der Waals surface area (Å²) in [6.45, 7) is 10.0. The maximum Gasteiger partial charge on any atom is 0.278 e. The molecule has 0 radical (unpaired) electrons. The number of carbonyl (C=O) groups excluding carboxylic acids is 2. The van der Waals surface area contributed by atoms with Gasteiger partial charge in [-0.05, 0) is 74.6 Å². The first-order valence-corrected chi connectivity index (χ1v) is 11.2. The molecule has 0 saturated carbocycles. The molecule has 1 aliphatic rings. The van der Waals surface area contributed by atoms with Crippen LogP contribution >= 0.6 is 0 Å². The lowest BCUT2D eigenvalue weighted by Crippen LogP contribution is -2.34. The fraction of sp³-hybridized carbons (Fsp3) is 0.385. The molecular formula is C26H32N2O4. The zero-order valence-corrected chi connectivity index (χ0v) is 19.4. The molecule has 1 aliphatic heterocycles. The van der Waals surface area contributed by atoms with Crippen molar-refractivity contribution in [1.29, 1.82) is 0 Å². The molecule has 3 rings (SSSR count). The molecule has 0 aliphatic carbocycles. The Bertz CT molecular complexity index is 975. The summed E-state index contributed by atoms with van der Waals surface area (Å²) in [5.74, 6) is 0.137. The maximum atomic E-state index is 13.3. The van der Waals surface area contributed by atoms with Crippen molar-refractivity contribution in [2.24, 2.45) is 0 Å². The summed E-state index contributed by atoms with van der Waals surface area (Å²) >= 11 is 0. The van der Waals surface area contributed by atoms with E-state index in [2.05, 4.69) is 11.4 Å². The number of rotatable bonds is 11. The molecule has 2 aromatic rings. The van der Waals surface area contributed by atoms with Crippen molar-refractivity contribution in [3.63, 3.8) is 0 Å². The highest BCUT2D eigenvalue weighted by Crippen LogP contribution is 2.32. The third kappa shape index (κ3) is 5.56. The van der Waals surface area contributed by atoms with Crippen LogP contribution in [0.3, 0.4) is 0 Å². The van der Waals surface area contributed by atoms with Gasteiger partial charge in [0.05, 0.1) is 12.2 Å². The maximum absolute atomic E-state index is 13.3. The van der Waals surface area contributed by atoms with Gasteiger partial charge >= 0.3 is 0 Å². The summed E-state index contributed by atoms with van der Waals surface area (Å²) < 4.78 is 11.0. The minimum Gasteiger partial charge on any atom is -0.494 e. The Kier molecular flexibility index (Phi) is 8.06. The molecule has 0 atom stereocenters. The van der Waals surface area contributed by atoms with Crippen molar-refractivity contribution in [2.75, 3.05) is 31.7 Å². The molecule has 170 valence electrons. The van der Waals surface area contributed by atoms with Gasteiger partial charge in [-0.3, -0.25) is 14.5 Å². The van der Waals surface area contributed by atoms with Crippen LogP contribution in [0.4, 0.5) is 5.69 Å². The summed E-state index contributed by atoms with van der Waals surface area (Å²) in [6.07, 6.45) is 1.51. The van der Waals surface area contributed by atoms with Crippen molar-refractivity contribution < 1.29 is 19.1 Å². The number of nitrogens with one attached hydrogen (secondary N) is 1. The standard InChI is InChI=1S/C26H32N2O4/c1-5-13-32-22-10-8-20(9-11-22)23-24(27-21-16-18(3)15-19(4)17-21)26(30)28(25(23)29)12-7-14-31-6-2/h8-11,15-17,27H,5-7,12-14H2,1-4H3. The first-order valence-electron chi connectivity index (χ1n) is 11.2. The number of amides is 2. The molecule has 1 N–H and O–H groups in total. The van der Waals surface area contributed by atoms with Crippen LogP contribution in [0.15, 0.2) is 48.2 Å². The van der Waals surface area contributed by atoms with Gasteiger partial charge in [0.25, 0.3) is 11.8 Å². The fourth-order valence-electron chi connectivity index (χ4n) is 3.76. The lowest BCUT2D eigenvalue weighted by atomic mass is 10.0. The van der Waals surface area contributed by atoms with Crippen molar-refractivity contribution in [2.45, 2.75) is 40.5 Å². The van der Waals surface area contributed by atoms with Crippen LogP contribution in [0.5, 0.6) is 5.75 Å². The summed E-state index contributed by atoms with van der Waals surface area (Å²) in [7, 11) is 0. The zero-order valence-electron chi connectivity index (χ0n) is 19.4. The number of anilines is 1. The summed E-state index contributed by atoms with van der Waals surface area (Å²) in [5.41, 5.74) is 4.32. The van der Waals surface area contributed by atoms with Crippen LogP contribution in [0.1, 0.15) is 43.4 Å². The lowest BCUT2D eigenvalue weighted by molar-refractivity contribution is -0.137. The van der Waals surface area contributed by atoms with E-state index in [1.54, 1.807) is 0 Å². The number of benzene rings is 2. The molecule has 0 aromatic heterocycles. The number of nitrogens with zero attached hydrogens (tertiary/aromatic N) is 1. The van der Waals surface area contributed by atoms with Crippen LogP contribution in [0.25, 0.3) is 5.57 Å². The Morgan fingerprint density at radius 2 is 1.59 bits per heavy atom. The molecule has 1 heterocycles. The van der Waals surface area contributed by atoms with Crippen molar-refractivity contribution in [3.05, 3.63) is 64.9 Å². The highest BCUT2D eigenvalue weighted by Gasteiger charge is 2.38. The first-order chi connectivity index (χ1) is 15.4. The Labute approximate surface area is 190 Å². The minimum atomic E-state index is -0.313. The predicted molar refractivity (Wildman–Crippen MR) is 127 cm³/mol. The number of imide groups is 1. The topological polar surface area (TPSA) is 67.9 Å². The Balaban J connectivity index is 1.93. The Hall–Kier alpha value is -3.12. The average Bonchev–Trinajstić information content (AvgIpc) is 2.99. The van der Waals surface area contributed by atoms with E-state index in [1.807, 2.05) is 64.1 Å². The number of hydrogen-bond donors (Lipinski definition) is 1. The van der Waals surface area contributed by atoms with Gasteiger partial charge in [0.15, 0.2) is 0 Å². The summed E-state index contributed by atoms with van der Waals surface area (Å²) in [6, 6.07) is 13.3. The van der Waals surface area contributed by atoms with Gasteiger partial charge in [-0.1, -0.05) is 25.1 Å². The van der Waals surface area contributed by atoms with E-state index in [-0.39, 0.29) is 11.8 Å². The van der Waals surface area contributed by atoms with Gasteiger partial charge in [-0.25, -0.2) is 0 Å². The van der Waals surface area contributed by atoms with Crippen LogP contribution in [0.2, 0.25) is 0 Å². The van der Waals surface area contributed by atoms with E-state index in [4.69, 9.17) is 9.47 Å². The van der Waals surface area contributed by atoms with E-state index >= 15 is 0 Å². The average molecular weight is 437 g/mol. The number of ether oxygens (including phenoxy) is 2. The van der Waals surface area contributed by atoms with E-state index < -0.39 is 0 Å². The Morgan fingerprint density at radius 3 is 2.22 bits per heavy atom. The largest absolute Gasteiger partial charge is 0.494 e. The smallest absolute Gasteiger partial charge is 0.278 e. The molecule has 6 heteroatoms. The van der Waals surface area contributed by atoms with Crippen LogP contribution in [-0.4, -0.2) is 43.1 Å². The molecule has 0 saturated heterocycles. The molecule has 0 fully saturated rings. The van der Waals surface area contributed by atoms with E-state index in [1.165, 1.54) is 4.90 Å². The second-order valence-corrected chi connectivity index (χ2v) is 7.94. The molecule has 0 unspecified atom stereocenters. The van der Waals surface area contributed by atoms with Crippen LogP contribution < -0.4 is 10.1 Å². The summed E-state index contributed by atoms with van der Waals surface area (Å²) in [4.78, 5) is 27.9. The van der Waals surface area contributed by atoms with Crippen LogP contribution in [0, 0.1) is 13.8 Å². The number of aryl methyl sites for hydroxylation is 2. The highest BCUT2D eigenvalue weighted by molar-refractivity contribution is 6.36. The third-order valence-corrected chi connectivity index (χ3v) is 5.15. The van der Waals surface area contributed by atoms with E-state index in [0.717, 1.165) is 29.0 Å². The second kappa shape index (κ2) is 11.0. The summed E-state index contributed by atoms with van der Waals surface area (Å²) in [5, 5.41) is 3.24. The SMILES string of the molecule is CCCOc1ccc(C2=C(Nc3cc(C)cc(C)c3)C(=O)N(CCCOCC)C2=O)cc1. The van der Waals surface area contributed by atoms with Gasteiger partial charge in [0.1, 0.15) is 11.4 Å². The number of hydrogen-bond acceptors (Lipinski definition) is 5. The molecule has 2 amide bonds. The van der Waals surface area contributed by atoms with Crippen molar-refractivity contribution in [3.8, 4) is 5.75 Å². The van der Waals surface area contributed by atoms with Gasteiger partial charge in [-0.15, -0.1) is 0 Å². The molecular weight excluding hydrogens is 404 g/mol. The van der Waals surface area contributed by atoms with Gasteiger partial charge in [0, 0.05) is 25.4 Å². The third-order valence-electron chi connectivity index (χ3n) is 5.15. The predicted octanol–water partition coefficient (Wildman–Crippen LogP) is 4.71. The quantitative estimate of drug-likeness (QED) is 0.408. The molecule has 32 heavy (non-hydrogen) atoms. The van der Waals surface area contributed by atoms with Crippen molar-refractivity contribution >= 4 is 23.1 Å². The first kappa shape index (κ1) is 23.5. The monoisotopic (exact) mass is 436 g/mol. The van der Waals surface area contributed by atoms with Gasteiger partial charge in [0.2, 0.25) is 0 Å². The van der Waals surface area contributed by atoms with Crippen LogP contribution in [-0.2, 0) is 14.3 Å². The fourth-order valence-corrected chi connectivity index (χ4v) is 3.76. The zero-order chi connectivity index (χ0) is 23.1. The Morgan fingerprint density at radius 1 is 0.906 bits per heavy atom. The molecule has 0 spiro atoms. The lowest BCUT2D eigenvalue weighted by Gasteiger charge is -2.15. The van der Waals surface area contributed by atoms with Gasteiger partial charge < -0.3 is 14.8 Å². The van der Waals surface area contributed by atoms with Crippen molar-refractivity contribution in [1.82, 2.24) is 4.90 Å². The van der Waals surface area contributed by atoms with E-state index in [0.29, 0.717) is 49.6 Å². The number of carbonyl (C=O) groups is 2. The molecule has 0 bridgehead atoms.